The molecule has 2 atom stereocenters. The minimum Gasteiger partial charge on any atom is -0.309 e. The molecule has 1 heterocycles. The van der Waals surface area contributed by atoms with Crippen molar-refractivity contribution in [2.75, 3.05) is 13.1 Å². The van der Waals surface area contributed by atoms with Gasteiger partial charge in [0.15, 0.2) is 28.2 Å². The van der Waals surface area contributed by atoms with Crippen molar-refractivity contribution in [3.63, 3.8) is 0 Å². The molecule has 0 aliphatic carbocycles. The topological polar surface area (TPSA) is 49.4 Å². The van der Waals surface area contributed by atoms with E-state index in [-0.39, 0.29) is 43.6 Å². The maximum Gasteiger partial charge on any atom is 0.249 e. The summed E-state index contributed by atoms with van der Waals surface area (Å²) in [4.78, 5) is -1.58. The molecule has 10 heteroatoms. The van der Waals surface area contributed by atoms with Crippen LogP contribution in [0.2, 0.25) is 0 Å². The van der Waals surface area contributed by atoms with Crippen molar-refractivity contribution in [3.05, 3.63) is 29.3 Å². The van der Waals surface area contributed by atoms with Gasteiger partial charge in [0, 0.05) is 31.2 Å². The highest BCUT2D eigenvalue weighted by Gasteiger charge is 2.37. The molecule has 1 aliphatic heterocycles. The Morgan fingerprint density at radius 3 is 1.86 bits per heavy atom. The monoisotopic (exact) mass is 362 g/mol. The summed E-state index contributed by atoms with van der Waals surface area (Å²) in [5.74, 6) is -7.31. The van der Waals surface area contributed by atoms with Gasteiger partial charge in [0.05, 0.1) is 0 Å². The molecule has 1 aromatic carbocycles. The molecule has 1 saturated heterocycles. The second-order valence-corrected chi connectivity index (χ2v) is 6.96. The van der Waals surface area contributed by atoms with Gasteiger partial charge in [0.1, 0.15) is 0 Å². The average molecular weight is 363 g/mol. The normalized spacial score (nSPS) is 23.2. The fourth-order valence-corrected chi connectivity index (χ4v) is 4.13. The van der Waals surface area contributed by atoms with Gasteiger partial charge < -0.3 is 5.32 Å². The number of nitrogens with zero attached hydrogens (tertiary/aromatic N) is 1. The molecule has 1 aliphatic rings. The molecule has 0 spiro atoms. The van der Waals surface area contributed by atoms with E-state index >= 15 is 0 Å². The zero-order valence-corrected chi connectivity index (χ0v) is 13.4. The number of hydrogen-bond donors (Lipinski definition) is 1. The first-order chi connectivity index (χ1) is 9.64. The molecule has 0 bridgehead atoms. The van der Waals surface area contributed by atoms with Gasteiger partial charge >= 0.3 is 0 Å². The number of rotatable bonds is 2. The summed E-state index contributed by atoms with van der Waals surface area (Å²) in [6.45, 7) is 3.28. The van der Waals surface area contributed by atoms with Crippen LogP contribution in [0.4, 0.5) is 17.6 Å². The molecule has 22 heavy (non-hydrogen) atoms. The van der Waals surface area contributed by atoms with E-state index in [0.29, 0.717) is 0 Å². The number of piperazine rings is 1. The Morgan fingerprint density at radius 2 is 1.45 bits per heavy atom. The van der Waals surface area contributed by atoms with Crippen LogP contribution in [0.3, 0.4) is 0 Å². The first-order valence-corrected chi connectivity index (χ1v) is 7.67. The first kappa shape index (κ1) is 19.1. The number of benzene rings is 1. The predicted molar refractivity (Wildman–Crippen MR) is 74.3 cm³/mol. The highest BCUT2D eigenvalue weighted by Crippen LogP contribution is 2.27. The van der Waals surface area contributed by atoms with E-state index in [9.17, 15) is 26.0 Å². The van der Waals surface area contributed by atoms with Crippen molar-refractivity contribution in [2.24, 2.45) is 0 Å². The molecular weight excluding hydrogens is 348 g/mol. The van der Waals surface area contributed by atoms with E-state index < -0.39 is 38.2 Å². The van der Waals surface area contributed by atoms with Crippen LogP contribution in [0.15, 0.2) is 11.0 Å². The molecule has 1 N–H and O–H groups in total. The van der Waals surface area contributed by atoms with Crippen LogP contribution in [0.5, 0.6) is 0 Å². The van der Waals surface area contributed by atoms with Crippen LogP contribution in [0.1, 0.15) is 13.8 Å². The lowest BCUT2D eigenvalue weighted by molar-refractivity contribution is 0.260. The largest absolute Gasteiger partial charge is 0.309 e. The zero-order chi connectivity index (χ0) is 15.9. The Hall–Kier alpha value is -0.900. The molecule has 4 nitrogen and oxygen atoms in total. The van der Waals surface area contributed by atoms with Gasteiger partial charge in [-0.15, -0.1) is 12.4 Å². The fourth-order valence-electron chi connectivity index (χ4n) is 2.38. The fraction of sp³-hybridized carbons (Fsp3) is 0.500. The van der Waals surface area contributed by atoms with Crippen molar-refractivity contribution in [2.45, 2.75) is 30.8 Å². The number of halogens is 5. The number of nitrogens with one attached hydrogen (secondary N) is 1. The average Bonchev–Trinajstić information content (AvgIpc) is 2.35. The van der Waals surface area contributed by atoms with Crippen LogP contribution in [-0.4, -0.2) is 37.9 Å². The van der Waals surface area contributed by atoms with Gasteiger partial charge in [-0.2, -0.15) is 4.31 Å². The zero-order valence-electron chi connectivity index (χ0n) is 11.7. The highest BCUT2D eigenvalue weighted by molar-refractivity contribution is 7.89. The molecule has 0 amide bonds. The molecular formula is C12H15ClF4N2O2S. The molecule has 1 aromatic rings. The predicted octanol–water partition coefficient (Wildman–Crippen LogP) is 2.04. The Kier molecular flexibility index (Phi) is 5.82. The quantitative estimate of drug-likeness (QED) is 0.647. The highest BCUT2D eigenvalue weighted by atomic mass is 35.5. The Balaban J connectivity index is 0.00000242. The van der Waals surface area contributed by atoms with Gasteiger partial charge in [-0.25, -0.2) is 26.0 Å². The maximum absolute atomic E-state index is 13.7. The molecule has 0 radical (unpaired) electrons. The summed E-state index contributed by atoms with van der Waals surface area (Å²) in [6.07, 6.45) is 0. The van der Waals surface area contributed by atoms with E-state index in [0.717, 1.165) is 4.31 Å². The van der Waals surface area contributed by atoms with Crippen LogP contribution >= 0.6 is 12.4 Å². The second-order valence-electron chi connectivity index (χ2n) is 5.09. The van der Waals surface area contributed by atoms with Crippen molar-refractivity contribution in [1.29, 1.82) is 0 Å². The SMILES string of the molecule is CC1CN(S(=O)(=O)c2c(F)c(F)cc(F)c2F)CC(C)N1.Cl. The lowest BCUT2D eigenvalue weighted by Gasteiger charge is -2.35. The molecule has 1 fully saturated rings. The van der Waals surface area contributed by atoms with Gasteiger partial charge in [0.2, 0.25) is 10.0 Å². The summed E-state index contributed by atoms with van der Waals surface area (Å²) < 4.78 is 79.2. The van der Waals surface area contributed by atoms with Crippen LogP contribution < -0.4 is 5.32 Å². The lowest BCUT2D eigenvalue weighted by atomic mass is 10.2. The summed E-state index contributed by atoms with van der Waals surface area (Å²) in [6, 6.07) is -0.534. The van der Waals surface area contributed by atoms with Crippen molar-refractivity contribution >= 4 is 22.4 Å². The Labute approximate surface area is 132 Å². The summed E-state index contributed by atoms with van der Waals surface area (Å²) >= 11 is 0. The van der Waals surface area contributed by atoms with E-state index in [4.69, 9.17) is 0 Å². The molecule has 126 valence electrons. The lowest BCUT2D eigenvalue weighted by Crippen LogP contribution is -2.55. The smallest absolute Gasteiger partial charge is 0.249 e. The standard InChI is InChI=1S/C12H14F4N2O2S.ClH/c1-6-4-18(5-7(2)17-6)21(19,20)12-10(15)8(13)3-9(14)11(12)16;/h3,6-7,17H,4-5H2,1-2H3;1H. The van der Waals surface area contributed by atoms with Crippen molar-refractivity contribution < 1.29 is 26.0 Å². The van der Waals surface area contributed by atoms with Gasteiger partial charge in [0.25, 0.3) is 0 Å². The van der Waals surface area contributed by atoms with Gasteiger partial charge in [-0.1, -0.05) is 0 Å². The van der Waals surface area contributed by atoms with Crippen LogP contribution in [-0.2, 0) is 10.0 Å². The Morgan fingerprint density at radius 1 is 1.05 bits per heavy atom. The van der Waals surface area contributed by atoms with Crippen LogP contribution in [0, 0.1) is 23.3 Å². The van der Waals surface area contributed by atoms with E-state index in [1.54, 1.807) is 13.8 Å². The molecule has 0 aromatic heterocycles. The van der Waals surface area contributed by atoms with E-state index in [1.807, 2.05) is 0 Å². The van der Waals surface area contributed by atoms with E-state index in [2.05, 4.69) is 5.32 Å². The minimum absolute atomic E-state index is 0. The second kappa shape index (κ2) is 6.69. The molecule has 2 unspecified atom stereocenters. The third-order valence-electron chi connectivity index (χ3n) is 3.19. The number of sulfonamides is 1. The summed E-state index contributed by atoms with van der Waals surface area (Å²) in [5.41, 5.74) is 0. The van der Waals surface area contributed by atoms with Crippen molar-refractivity contribution in [1.82, 2.24) is 9.62 Å². The van der Waals surface area contributed by atoms with E-state index in [1.165, 1.54) is 0 Å². The Bertz CT molecular complexity index is 635. The van der Waals surface area contributed by atoms with Gasteiger partial charge in [-0.3, -0.25) is 0 Å². The third kappa shape index (κ3) is 3.37. The molecule has 2 rings (SSSR count). The number of hydrogen-bond acceptors (Lipinski definition) is 3. The third-order valence-corrected chi connectivity index (χ3v) is 5.05. The minimum atomic E-state index is -4.67. The van der Waals surface area contributed by atoms with Crippen LogP contribution in [0.25, 0.3) is 0 Å². The maximum atomic E-state index is 13.7. The first-order valence-electron chi connectivity index (χ1n) is 6.23. The molecule has 0 saturated carbocycles. The summed E-state index contributed by atoms with van der Waals surface area (Å²) in [5, 5.41) is 3.04. The van der Waals surface area contributed by atoms with Crippen molar-refractivity contribution in [3.8, 4) is 0 Å². The van der Waals surface area contributed by atoms with Gasteiger partial charge in [-0.05, 0) is 13.8 Å². The summed E-state index contributed by atoms with van der Waals surface area (Å²) in [7, 11) is -4.67.